The predicted molar refractivity (Wildman–Crippen MR) is 157 cm³/mol. The van der Waals surface area contributed by atoms with Crippen LogP contribution in [0.1, 0.15) is 76.7 Å². The normalized spacial score (nSPS) is 24.3. The van der Waals surface area contributed by atoms with E-state index in [0.29, 0.717) is 28.7 Å². The number of alkyl halides is 2. The molecule has 10 heteroatoms. The third kappa shape index (κ3) is 6.96. The lowest BCUT2D eigenvalue weighted by Gasteiger charge is -2.41. The van der Waals surface area contributed by atoms with Gasteiger partial charge in [-0.15, -0.1) is 0 Å². The van der Waals surface area contributed by atoms with Crippen LogP contribution < -0.4 is 9.46 Å². The van der Waals surface area contributed by atoms with Crippen LogP contribution in [0.5, 0.6) is 5.75 Å². The Morgan fingerprint density at radius 2 is 1.61 bits per heavy atom. The highest BCUT2D eigenvalue weighted by atomic mass is 79.9. The molecule has 2 bridgehead atoms. The van der Waals surface area contributed by atoms with E-state index in [-0.39, 0.29) is 17.0 Å². The molecule has 2 aromatic carbocycles. The summed E-state index contributed by atoms with van der Waals surface area (Å²) >= 11 is 3.25. The average molecular weight is 654 g/mol. The Hall–Kier alpha value is -2.04. The lowest BCUT2D eigenvalue weighted by Crippen LogP contribution is -2.59. The summed E-state index contributed by atoms with van der Waals surface area (Å²) in [6, 6.07) is 8.48. The van der Waals surface area contributed by atoms with Crippen LogP contribution in [0, 0.1) is 11.8 Å². The zero-order valence-corrected chi connectivity index (χ0v) is 25.8. The number of piperidine rings is 1. The van der Waals surface area contributed by atoms with Crippen LogP contribution in [-0.2, 0) is 20.7 Å². The van der Waals surface area contributed by atoms with Crippen LogP contribution in [0.25, 0.3) is 0 Å². The van der Waals surface area contributed by atoms with Gasteiger partial charge < -0.3 is 9.64 Å². The van der Waals surface area contributed by atoms with Crippen LogP contribution in [0.3, 0.4) is 0 Å². The number of fused-ring (bicyclic) bond motifs is 2. The van der Waals surface area contributed by atoms with Crippen molar-refractivity contribution in [3.63, 3.8) is 0 Å². The van der Waals surface area contributed by atoms with Gasteiger partial charge in [-0.2, -0.15) is 13.5 Å². The van der Waals surface area contributed by atoms with E-state index in [1.807, 2.05) is 0 Å². The van der Waals surface area contributed by atoms with Crippen molar-refractivity contribution in [2.24, 2.45) is 11.8 Å². The number of rotatable bonds is 10. The molecule has 2 saturated heterocycles. The van der Waals surface area contributed by atoms with Crippen molar-refractivity contribution in [2.45, 2.75) is 100 Å². The van der Waals surface area contributed by atoms with E-state index in [1.54, 1.807) is 0 Å². The van der Waals surface area contributed by atoms with Crippen molar-refractivity contribution in [3.05, 3.63) is 58.6 Å². The van der Waals surface area contributed by atoms with Gasteiger partial charge in [0.2, 0.25) is 15.9 Å². The number of ether oxygens (including phenoxy) is 1. The summed E-state index contributed by atoms with van der Waals surface area (Å²) in [5.74, 6) is -3.08. The number of sulfonamides is 1. The molecule has 2 heterocycles. The molecule has 1 N–H and O–H groups in total. The molecule has 1 aliphatic carbocycles. The second kappa shape index (κ2) is 12.7. The maximum Gasteiger partial charge on any atom is 0.298 e. The lowest BCUT2D eigenvalue weighted by atomic mass is 9.87. The zero-order valence-electron chi connectivity index (χ0n) is 23.4. The fraction of sp³-hybridized carbons (Fsp3) is 0.581. The van der Waals surface area contributed by atoms with Gasteiger partial charge in [-0.05, 0) is 80.3 Å². The predicted octanol–water partition coefficient (Wildman–Crippen LogP) is 7.03. The molecule has 3 aliphatic rings. The highest BCUT2D eigenvalue weighted by molar-refractivity contribution is 9.10. The molecule has 2 aliphatic heterocycles. The Bertz CT molecular complexity index is 1290. The zero-order chi connectivity index (χ0) is 29.2. The summed E-state index contributed by atoms with van der Waals surface area (Å²) in [4.78, 5) is 15.2. The number of carbonyl (C=O) groups excluding carboxylic acids is 1. The number of halogens is 3. The van der Waals surface area contributed by atoms with E-state index >= 15 is 8.78 Å². The summed E-state index contributed by atoms with van der Waals surface area (Å²) in [6.07, 6.45) is 10.1. The van der Waals surface area contributed by atoms with Crippen molar-refractivity contribution in [2.75, 3.05) is 6.61 Å². The monoisotopic (exact) mass is 652 g/mol. The Kier molecular flexibility index (Phi) is 9.40. The molecule has 41 heavy (non-hydrogen) atoms. The van der Waals surface area contributed by atoms with Gasteiger partial charge >= 0.3 is 0 Å². The minimum Gasteiger partial charge on any atom is -0.494 e. The smallest absolute Gasteiger partial charge is 0.298 e. The quantitative estimate of drug-likeness (QED) is 0.299. The van der Waals surface area contributed by atoms with Gasteiger partial charge in [0.25, 0.3) is 5.92 Å². The molecular weight excluding hydrogens is 614 g/mol. The maximum absolute atomic E-state index is 16.1. The molecule has 0 spiro atoms. The highest BCUT2D eigenvalue weighted by Crippen LogP contribution is 2.42. The van der Waals surface area contributed by atoms with Crippen LogP contribution in [0.2, 0.25) is 0 Å². The standard InChI is InChI=1S/C31H39BrF2N2O4S/c1-21-19-25-11-12-26(20-21)36(25)30(37)29(31(33,34)23-7-9-24(32)10-8-23)35-41(38,39)28-15-13-27(14-16-28)40-18-17-22-5-3-2-4-6-22/h7-10,13-16,21-22,25-26,29,35H,2-6,11-12,17-20H2,1H3. The average Bonchev–Trinajstić information content (AvgIpc) is 3.23. The lowest BCUT2D eigenvalue weighted by molar-refractivity contribution is -0.149. The molecule has 1 saturated carbocycles. The Morgan fingerprint density at radius 1 is 1.00 bits per heavy atom. The van der Waals surface area contributed by atoms with E-state index in [2.05, 4.69) is 27.6 Å². The minimum absolute atomic E-state index is 0.158. The number of nitrogens with zero attached hydrogens (tertiary/aromatic N) is 1. The second-order valence-corrected chi connectivity index (χ2v) is 14.6. The first-order valence-electron chi connectivity index (χ1n) is 14.8. The van der Waals surface area contributed by atoms with Gasteiger partial charge in [-0.1, -0.05) is 67.1 Å². The number of benzene rings is 2. The van der Waals surface area contributed by atoms with Crippen molar-refractivity contribution in [3.8, 4) is 5.75 Å². The molecule has 0 radical (unpaired) electrons. The Balaban J connectivity index is 1.35. The summed E-state index contributed by atoms with van der Waals surface area (Å²) in [5, 5.41) is 0. The van der Waals surface area contributed by atoms with Gasteiger partial charge in [0.15, 0.2) is 6.04 Å². The first kappa shape index (κ1) is 30.4. The molecular formula is C31H39BrF2N2O4S. The van der Waals surface area contributed by atoms with Crippen LogP contribution >= 0.6 is 15.9 Å². The van der Waals surface area contributed by atoms with Crippen molar-refractivity contribution < 1.29 is 26.7 Å². The van der Waals surface area contributed by atoms with E-state index in [4.69, 9.17) is 4.74 Å². The fourth-order valence-electron chi connectivity index (χ4n) is 6.83. The van der Waals surface area contributed by atoms with E-state index in [0.717, 1.165) is 32.1 Å². The van der Waals surface area contributed by atoms with Gasteiger partial charge in [-0.3, -0.25) is 4.79 Å². The molecule has 6 nitrogen and oxygen atoms in total. The van der Waals surface area contributed by atoms with Gasteiger partial charge in [-0.25, -0.2) is 8.42 Å². The van der Waals surface area contributed by atoms with E-state index in [9.17, 15) is 13.2 Å². The van der Waals surface area contributed by atoms with Crippen LogP contribution in [0.4, 0.5) is 8.78 Å². The van der Waals surface area contributed by atoms with Gasteiger partial charge in [0.1, 0.15) is 5.75 Å². The molecule has 3 fully saturated rings. The van der Waals surface area contributed by atoms with E-state index < -0.39 is 33.5 Å². The third-order valence-electron chi connectivity index (χ3n) is 8.99. The van der Waals surface area contributed by atoms with Gasteiger partial charge in [0, 0.05) is 22.1 Å². The van der Waals surface area contributed by atoms with Crippen molar-refractivity contribution in [1.82, 2.24) is 9.62 Å². The van der Waals surface area contributed by atoms with Crippen molar-refractivity contribution in [1.29, 1.82) is 0 Å². The molecule has 0 aromatic heterocycles. The molecule has 224 valence electrons. The first-order chi connectivity index (χ1) is 19.5. The molecule has 3 unspecified atom stereocenters. The second-order valence-electron chi connectivity index (χ2n) is 12.0. The number of carbonyl (C=O) groups is 1. The number of amides is 1. The Morgan fingerprint density at radius 3 is 2.22 bits per heavy atom. The summed E-state index contributed by atoms with van der Waals surface area (Å²) in [5.41, 5.74) is -0.429. The van der Waals surface area contributed by atoms with Gasteiger partial charge in [0.05, 0.1) is 11.5 Å². The Labute approximate surface area is 250 Å². The fourth-order valence-corrected chi connectivity index (χ4v) is 8.29. The first-order valence-corrected chi connectivity index (χ1v) is 17.0. The van der Waals surface area contributed by atoms with Crippen LogP contribution in [-0.4, -0.2) is 44.0 Å². The molecule has 2 aromatic rings. The summed E-state index contributed by atoms with van der Waals surface area (Å²) < 4.78 is 67.7. The van der Waals surface area contributed by atoms with Crippen LogP contribution in [0.15, 0.2) is 57.9 Å². The SMILES string of the molecule is CC1CC2CCC(C1)N2C(=O)C(NS(=O)(=O)c1ccc(OCCC2CCCCC2)cc1)C(F)(F)c1ccc(Br)cc1. The number of hydrogen-bond donors (Lipinski definition) is 1. The minimum atomic E-state index is -4.46. The third-order valence-corrected chi connectivity index (χ3v) is 11.0. The topological polar surface area (TPSA) is 75.7 Å². The molecule has 5 rings (SSSR count). The van der Waals surface area contributed by atoms with Crippen molar-refractivity contribution >= 4 is 31.9 Å². The highest BCUT2D eigenvalue weighted by Gasteiger charge is 2.53. The molecule has 1 amide bonds. The summed E-state index contributed by atoms with van der Waals surface area (Å²) in [6.45, 7) is 2.65. The van der Waals surface area contributed by atoms with E-state index in [1.165, 1.54) is 85.5 Å². The maximum atomic E-state index is 16.1. The number of nitrogens with one attached hydrogen (secondary N) is 1. The summed E-state index contributed by atoms with van der Waals surface area (Å²) in [7, 11) is -4.46. The molecule has 3 atom stereocenters. The largest absolute Gasteiger partial charge is 0.494 e. The number of hydrogen-bond acceptors (Lipinski definition) is 4.